The molecule has 0 saturated carbocycles. The summed E-state index contributed by atoms with van der Waals surface area (Å²) in [7, 11) is 0. The first-order valence-electron chi connectivity index (χ1n) is 6.33. The minimum atomic E-state index is -0.251. The number of rotatable bonds is 2. The lowest BCUT2D eigenvalue weighted by Crippen LogP contribution is -2.60. The van der Waals surface area contributed by atoms with Gasteiger partial charge in [0.05, 0.1) is 6.54 Å². The van der Waals surface area contributed by atoms with Crippen molar-refractivity contribution < 1.29 is 9.59 Å². The van der Waals surface area contributed by atoms with Crippen LogP contribution in [0.5, 0.6) is 0 Å². The molecule has 0 bridgehead atoms. The molecule has 5 nitrogen and oxygen atoms in total. The summed E-state index contributed by atoms with van der Waals surface area (Å²) < 4.78 is 0.463. The summed E-state index contributed by atoms with van der Waals surface area (Å²) in [5, 5.41) is 0. The van der Waals surface area contributed by atoms with Crippen LogP contribution in [0.4, 0.5) is 0 Å². The molecule has 1 aromatic rings. The molecule has 2 saturated heterocycles. The molecule has 3 heterocycles. The molecule has 0 aliphatic carbocycles. The number of thiazole rings is 1. The van der Waals surface area contributed by atoms with Crippen LogP contribution in [0.3, 0.4) is 0 Å². The fourth-order valence-corrected chi connectivity index (χ4v) is 3.70. The van der Waals surface area contributed by atoms with Gasteiger partial charge in [-0.15, -0.1) is 11.3 Å². The number of piperazine rings is 1. The molecule has 1 aromatic heterocycles. The van der Waals surface area contributed by atoms with Crippen LogP contribution in [0, 0.1) is 0 Å². The minimum absolute atomic E-state index is 0.0555. The molecular weight excluding hydrogens is 286 g/mol. The first kappa shape index (κ1) is 12.9. The maximum atomic E-state index is 12.4. The number of halogens is 1. The van der Waals surface area contributed by atoms with Crippen molar-refractivity contribution in [3.05, 3.63) is 15.5 Å². The smallest absolute Gasteiger partial charge is 0.246 e. The minimum Gasteiger partial charge on any atom is -0.329 e. The highest BCUT2D eigenvalue weighted by Crippen LogP contribution is 2.26. The second-order valence-corrected chi connectivity index (χ2v) is 6.57. The molecule has 0 N–H and O–H groups in total. The lowest BCUT2D eigenvalue weighted by molar-refractivity contribution is -0.158. The normalized spacial score (nSPS) is 23.7. The Morgan fingerprint density at radius 1 is 1.42 bits per heavy atom. The van der Waals surface area contributed by atoms with Crippen molar-refractivity contribution in [1.82, 2.24) is 14.8 Å². The first-order valence-corrected chi connectivity index (χ1v) is 7.53. The molecule has 102 valence electrons. The van der Waals surface area contributed by atoms with Gasteiger partial charge >= 0.3 is 0 Å². The van der Waals surface area contributed by atoms with Crippen LogP contribution in [0.2, 0.25) is 4.47 Å². The van der Waals surface area contributed by atoms with Gasteiger partial charge in [-0.2, -0.15) is 0 Å². The van der Waals surface area contributed by atoms with Gasteiger partial charge in [0.15, 0.2) is 4.47 Å². The van der Waals surface area contributed by atoms with Gasteiger partial charge in [-0.05, 0) is 19.3 Å². The third kappa shape index (κ3) is 2.47. The summed E-state index contributed by atoms with van der Waals surface area (Å²) in [5.41, 5.74) is 0. The molecule has 0 radical (unpaired) electrons. The van der Waals surface area contributed by atoms with E-state index in [4.69, 9.17) is 11.6 Å². The summed E-state index contributed by atoms with van der Waals surface area (Å²) in [6.45, 7) is 1.32. The van der Waals surface area contributed by atoms with Crippen molar-refractivity contribution in [3.8, 4) is 0 Å². The van der Waals surface area contributed by atoms with Crippen molar-refractivity contribution in [3.63, 3.8) is 0 Å². The Morgan fingerprint density at radius 2 is 2.26 bits per heavy atom. The Labute approximate surface area is 120 Å². The van der Waals surface area contributed by atoms with E-state index in [1.54, 1.807) is 16.0 Å². The van der Waals surface area contributed by atoms with E-state index in [2.05, 4.69) is 4.98 Å². The van der Waals surface area contributed by atoms with E-state index in [9.17, 15) is 9.59 Å². The lowest BCUT2D eigenvalue weighted by atomic mass is 9.98. The SMILES string of the molecule is O=C1C2CCCCN2C(=O)CN1Cc1cnc(Cl)s1. The van der Waals surface area contributed by atoms with E-state index >= 15 is 0 Å². The summed E-state index contributed by atoms with van der Waals surface area (Å²) in [6.07, 6.45) is 4.46. The first-order chi connectivity index (χ1) is 9.15. The van der Waals surface area contributed by atoms with Crippen molar-refractivity contribution in [2.24, 2.45) is 0 Å². The van der Waals surface area contributed by atoms with Crippen LogP contribution in [-0.2, 0) is 16.1 Å². The van der Waals surface area contributed by atoms with Crippen LogP contribution < -0.4 is 0 Å². The Morgan fingerprint density at radius 3 is 3.00 bits per heavy atom. The largest absolute Gasteiger partial charge is 0.329 e. The highest BCUT2D eigenvalue weighted by Gasteiger charge is 2.40. The van der Waals surface area contributed by atoms with Crippen molar-refractivity contribution >= 4 is 34.8 Å². The van der Waals surface area contributed by atoms with Crippen LogP contribution in [-0.4, -0.2) is 45.7 Å². The van der Waals surface area contributed by atoms with Crippen LogP contribution >= 0.6 is 22.9 Å². The number of hydrogen-bond donors (Lipinski definition) is 0. The quantitative estimate of drug-likeness (QED) is 0.832. The fraction of sp³-hybridized carbons (Fsp3) is 0.583. The Balaban J connectivity index is 1.75. The van der Waals surface area contributed by atoms with E-state index in [1.807, 2.05) is 0 Å². The van der Waals surface area contributed by atoms with Gasteiger partial charge in [0.1, 0.15) is 12.6 Å². The molecule has 0 aromatic carbocycles. The average Bonchev–Trinajstić information content (AvgIpc) is 2.81. The molecule has 19 heavy (non-hydrogen) atoms. The number of aromatic nitrogens is 1. The van der Waals surface area contributed by atoms with E-state index in [-0.39, 0.29) is 24.4 Å². The highest BCUT2D eigenvalue weighted by atomic mass is 35.5. The maximum Gasteiger partial charge on any atom is 0.246 e. The highest BCUT2D eigenvalue weighted by molar-refractivity contribution is 7.15. The number of carbonyl (C=O) groups excluding carboxylic acids is 2. The van der Waals surface area contributed by atoms with Crippen molar-refractivity contribution in [2.75, 3.05) is 13.1 Å². The van der Waals surface area contributed by atoms with Crippen LogP contribution in [0.1, 0.15) is 24.1 Å². The van der Waals surface area contributed by atoms with Gasteiger partial charge in [0.2, 0.25) is 11.8 Å². The number of piperidine rings is 1. The van der Waals surface area contributed by atoms with Gasteiger partial charge in [0, 0.05) is 17.6 Å². The topological polar surface area (TPSA) is 53.5 Å². The number of hydrogen-bond acceptors (Lipinski definition) is 4. The predicted octanol–water partition coefficient (Wildman–Crippen LogP) is 1.52. The summed E-state index contributed by atoms with van der Waals surface area (Å²) in [4.78, 5) is 32.7. The maximum absolute atomic E-state index is 12.4. The number of fused-ring (bicyclic) bond motifs is 1. The van der Waals surface area contributed by atoms with Gasteiger partial charge in [-0.25, -0.2) is 4.98 Å². The zero-order valence-electron chi connectivity index (χ0n) is 10.3. The second kappa shape index (κ2) is 5.09. The second-order valence-electron chi connectivity index (χ2n) is 4.87. The molecule has 2 fully saturated rings. The van der Waals surface area contributed by atoms with Gasteiger partial charge in [-0.3, -0.25) is 9.59 Å². The number of amides is 2. The lowest BCUT2D eigenvalue weighted by Gasteiger charge is -2.42. The Kier molecular flexibility index (Phi) is 3.45. The third-order valence-corrected chi connectivity index (χ3v) is 4.72. The van der Waals surface area contributed by atoms with Crippen molar-refractivity contribution in [2.45, 2.75) is 31.8 Å². The molecule has 1 unspecified atom stereocenters. The standard InChI is InChI=1S/C12H14ClN3O2S/c13-12-14-5-8(19-12)6-15-7-10(17)16-4-2-1-3-9(16)11(15)18/h5,9H,1-4,6-7H2. The summed E-state index contributed by atoms with van der Waals surface area (Å²) >= 11 is 7.13. The number of carbonyl (C=O) groups is 2. The van der Waals surface area contributed by atoms with Gasteiger partial charge in [0.25, 0.3) is 0 Å². The van der Waals surface area contributed by atoms with E-state index in [1.165, 1.54) is 11.3 Å². The molecular formula is C12H14ClN3O2S. The van der Waals surface area contributed by atoms with Crippen LogP contribution in [0.25, 0.3) is 0 Å². The zero-order valence-corrected chi connectivity index (χ0v) is 11.9. The third-order valence-electron chi connectivity index (χ3n) is 3.62. The van der Waals surface area contributed by atoms with Crippen molar-refractivity contribution in [1.29, 1.82) is 0 Å². The number of nitrogens with zero attached hydrogens (tertiary/aromatic N) is 3. The monoisotopic (exact) mass is 299 g/mol. The Bertz CT molecular complexity index is 519. The van der Waals surface area contributed by atoms with E-state index in [0.29, 0.717) is 11.0 Å². The fourth-order valence-electron chi connectivity index (χ4n) is 2.71. The molecule has 2 aliphatic rings. The van der Waals surface area contributed by atoms with E-state index < -0.39 is 0 Å². The molecule has 1 atom stereocenters. The molecule has 2 aliphatic heterocycles. The van der Waals surface area contributed by atoms with Crippen LogP contribution in [0.15, 0.2) is 6.20 Å². The van der Waals surface area contributed by atoms with Gasteiger partial charge < -0.3 is 9.80 Å². The molecule has 3 rings (SSSR count). The van der Waals surface area contributed by atoms with Gasteiger partial charge in [-0.1, -0.05) is 11.6 Å². The Hall–Kier alpha value is -1.14. The molecule has 7 heteroatoms. The van der Waals surface area contributed by atoms with E-state index in [0.717, 1.165) is 30.7 Å². The average molecular weight is 300 g/mol. The zero-order chi connectivity index (χ0) is 13.4. The summed E-state index contributed by atoms with van der Waals surface area (Å²) in [5.74, 6) is 0.115. The molecule has 2 amide bonds. The molecule has 0 spiro atoms. The predicted molar refractivity (Wildman–Crippen MR) is 71.9 cm³/mol. The summed E-state index contributed by atoms with van der Waals surface area (Å²) in [6, 6.07) is -0.251.